The molecular formula is C13H12BrN3O4. The number of hydrogen-bond acceptors (Lipinski definition) is 6. The summed E-state index contributed by atoms with van der Waals surface area (Å²) < 4.78 is 10.8. The van der Waals surface area contributed by atoms with Crippen LogP contribution in [0.25, 0.3) is 0 Å². The molecule has 0 atom stereocenters. The quantitative estimate of drug-likeness (QED) is 0.876. The van der Waals surface area contributed by atoms with E-state index in [1.807, 2.05) is 6.92 Å². The van der Waals surface area contributed by atoms with Gasteiger partial charge in [-0.2, -0.15) is 0 Å². The molecule has 3 rings (SSSR count). The number of amides is 1. The van der Waals surface area contributed by atoms with E-state index in [1.54, 1.807) is 6.07 Å². The number of aromatic nitrogens is 2. The molecular weight excluding hydrogens is 342 g/mol. The number of rotatable bonds is 3. The van der Waals surface area contributed by atoms with E-state index in [-0.39, 0.29) is 22.7 Å². The zero-order chi connectivity index (χ0) is 15.0. The Morgan fingerprint density at radius 1 is 1.48 bits per heavy atom. The van der Waals surface area contributed by atoms with Gasteiger partial charge < -0.3 is 19.7 Å². The third-order valence-corrected chi connectivity index (χ3v) is 3.69. The summed E-state index contributed by atoms with van der Waals surface area (Å²) in [7, 11) is 0. The van der Waals surface area contributed by atoms with Crippen molar-refractivity contribution in [2.45, 2.75) is 12.3 Å². The minimum Gasteiger partial charge on any atom is -0.504 e. The number of carbonyl (C=O) groups excluding carboxylic acids is 1. The number of carbonyl (C=O) groups is 1. The van der Waals surface area contributed by atoms with Crippen molar-refractivity contribution < 1.29 is 19.2 Å². The molecule has 7 nitrogen and oxygen atoms in total. The second kappa shape index (κ2) is 5.12. The first-order chi connectivity index (χ1) is 9.98. The molecule has 1 fully saturated rings. The first-order valence-corrected chi connectivity index (χ1v) is 6.98. The van der Waals surface area contributed by atoms with E-state index in [0.29, 0.717) is 23.4 Å². The number of ether oxygens (including phenoxy) is 1. The summed E-state index contributed by atoms with van der Waals surface area (Å²) in [5, 5.41) is 16.1. The Balaban J connectivity index is 1.76. The molecule has 110 valence electrons. The second-order valence-electron chi connectivity index (χ2n) is 5.11. The summed E-state index contributed by atoms with van der Waals surface area (Å²) in [6, 6.07) is 3.01. The summed E-state index contributed by atoms with van der Waals surface area (Å²) in [5.74, 6) is -0.555. The standard InChI is InChI=1S/C13H12BrN3O4/c1-13(5-20-6-13)10-3-9(21-17-10)12(19)16-11-8(18)2-7(14)4-15-11/h2-4,18H,5-6H2,1H3,(H,15,16,19). The number of hydrogen-bond donors (Lipinski definition) is 2. The average Bonchev–Trinajstić information content (AvgIpc) is 2.89. The van der Waals surface area contributed by atoms with Gasteiger partial charge in [0.05, 0.1) is 24.3 Å². The van der Waals surface area contributed by atoms with Crippen LogP contribution < -0.4 is 5.32 Å². The molecule has 0 unspecified atom stereocenters. The van der Waals surface area contributed by atoms with Crippen LogP contribution in [0.2, 0.25) is 0 Å². The Morgan fingerprint density at radius 2 is 2.24 bits per heavy atom. The number of halogens is 1. The number of pyridine rings is 1. The Kier molecular flexibility index (Phi) is 3.42. The molecule has 0 radical (unpaired) electrons. The fraction of sp³-hybridized carbons (Fsp3) is 0.308. The van der Waals surface area contributed by atoms with Gasteiger partial charge >= 0.3 is 0 Å². The van der Waals surface area contributed by atoms with E-state index >= 15 is 0 Å². The minimum absolute atomic E-state index is 0.0549. The van der Waals surface area contributed by atoms with Gasteiger partial charge in [-0.1, -0.05) is 5.16 Å². The zero-order valence-electron chi connectivity index (χ0n) is 11.1. The van der Waals surface area contributed by atoms with E-state index in [9.17, 15) is 9.90 Å². The lowest BCUT2D eigenvalue weighted by molar-refractivity contribution is -0.0532. The van der Waals surface area contributed by atoms with Gasteiger partial charge in [-0.3, -0.25) is 4.79 Å². The fourth-order valence-corrected chi connectivity index (χ4v) is 2.24. The highest BCUT2D eigenvalue weighted by Crippen LogP contribution is 2.31. The van der Waals surface area contributed by atoms with Crippen molar-refractivity contribution in [2.75, 3.05) is 18.5 Å². The van der Waals surface area contributed by atoms with Crippen molar-refractivity contribution in [2.24, 2.45) is 0 Å². The maximum atomic E-state index is 12.1. The molecule has 0 aromatic carbocycles. The number of anilines is 1. The van der Waals surface area contributed by atoms with E-state index in [4.69, 9.17) is 9.26 Å². The van der Waals surface area contributed by atoms with E-state index in [0.717, 1.165) is 0 Å². The summed E-state index contributed by atoms with van der Waals surface area (Å²) in [6.45, 7) is 3.09. The Labute approximate surface area is 128 Å². The monoisotopic (exact) mass is 353 g/mol. The van der Waals surface area contributed by atoms with Crippen LogP contribution in [0.5, 0.6) is 5.75 Å². The van der Waals surface area contributed by atoms with E-state index in [2.05, 4.69) is 31.4 Å². The third kappa shape index (κ3) is 2.64. The fourth-order valence-electron chi connectivity index (χ4n) is 1.92. The lowest BCUT2D eigenvalue weighted by Gasteiger charge is -2.35. The molecule has 2 aromatic rings. The Bertz CT molecular complexity index is 696. The number of nitrogens with one attached hydrogen (secondary N) is 1. The van der Waals surface area contributed by atoms with Gasteiger partial charge in [-0.25, -0.2) is 4.98 Å². The highest BCUT2D eigenvalue weighted by molar-refractivity contribution is 9.10. The molecule has 0 saturated carbocycles. The molecule has 0 bridgehead atoms. The number of nitrogens with zero attached hydrogens (tertiary/aromatic N) is 2. The zero-order valence-corrected chi connectivity index (χ0v) is 12.7. The van der Waals surface area contributed by atoms with Crippen LogP contribution in [-0.2, 0) is 10.2 Å². The lowest BCUT2D eigenvalue weighted by Crippen LogP contribution is -2.44. The van der Waals surface area contributed by atoms with Gasteiger partial charge in [0, 0.05) is 16.7 Å². The van der Waals surface area contributed by atoms with E-state index in [1.165, 1.54) is 12.3 Å². The highest BCUT2D eigenvalue weighted by atomic mass is 79.9. The molecule has 21 heavy (non-hydrogen) atoms. The van der Waals surface area contributed by atoms with Crippen LogP contribution in [0.3, 0.4) is 0 Å². The third-order valence-electron chi connectivity index (χ3n) is 3.26. The van der Waals surface area contributed by atoms with Gasteiger partial charge in [0.25, 0.3) is 5.91 Å². The van der Waals surface area contributed by atoms with Crippen molar-refractivity contribution in [3.63, 3.8) is 0 Å². The van der Waals surface area contributed by atoms with Gasteiger partial charge in [0.2, 0.25) is 5.76 Å². The Morgan fingerprint density at radius 3 is 2.86 bits per heavy atom. The largest absolute Gasteiger partial charge is 0.504 e. The molecule has 0 spiro atoms. The van der Waals surface area contributed by atoms with Crippen LogP contribution in [0.1, 0.15) is 23.2 Å². The van der Waals surface area contributed by atoms with Crippen molar-refractivity contribution in [1.29, 1.82) is 0 Å². The van der Waals surface area contributed by atoms with Gasteiger partial charge in [-0.05, 0) is 28.9 Å². The first-order valence-electron chi connectivity index (χ1n) is 6.19. The predicted molar refractivity (Wildman–Crippen MR) is 76.2 cm³/mol. The Hall–Kier alpha value is -1.93. The molecule has 1 aliphatic rings. The second-order valence-corrected chi connectivity index (χ2v) is 6.02. The maximum Gasteiger partial charge on any atom is 0.295 e. The molecule has 2 N–H and O–H groups in total. The van der Waals surface area contributed by atoms with E-state index < -0.39 is 5.91 Å². The SMILES string of the molecule is CC1(c2cc(C(=O)Nc3ncc(Br)cc3O)on2)COC1. The predicted octanol–water partition coefficient (Wildman–Crippen LogP) is 2.08. The summed E-state index contributed by atoms with van der Waals surface area (Å²) in [5.41, 5.74) is 0.465. The molecule has 8 heteroatoms. The van der Waals surface area contributed by atoms with Crippen LogP contribution in [0, 0.1) is 0 Å². The summed E-state index contributed by atoms with van der Waals surface area (Å²) in [4.78, 5) is 16.0. The summed E-state index contributed by atoms with van der Waals surface area (Å²) >= 11 is 3.17. The van der Waals surface area contributed by atoms with Gasteiger partial charge in [0.15, 0.2) is 11.6 Å². The van der Waals surface area contributed by atoms with Crippen LogP contribution >= 0.6 is 15.9 Å². The van der Waals surface area contributed by atoms with Crippen molar-refractivity contribution in [1.82, 2.24) is 10.1 Å². The summed E-state index contributed by atoms with van der Waals surface area (Å²) in [6.07, 6.45) is 1.47. The van der Waals surface area contributed by atoms with Gasteiger partial charge in [0.1, 0.15) is 0 Å². The highest BCUT2D eigenvalue weighted by Gasteiger charge is 2.38. The minimum atomic E-state index is -0.525. The van der Waals surface area contributed by atoms with Crippen LogP contribution in [0.15, 0.2) is 27.3 Å². The topological polar surface area (TPSA) is 97.5 Å². The molecule has 0 aliphatic carbocycles. The molecule has 1 amide bonds. The maximum absolute atomic E-state index is 12.1. The molecule has 3 heterocycles. The van der Waals surface area contributed by atoms with Crippen molar-refractivity contribution >= 4 is 27.7 Å². The van der Waals surface area contributed by atoms with Crippen LogP contribution in [0.4, 0.5) is 5.82 Å². The lowest BCUT2D eigenvalue weighted by atomic mass is 9.85. The molecule has 1 aliphatic heterocycles. The molecule has 2 aromatic heterocycles. The molecule has 1 saturated heterocycles. The van der Waals surface area contributed by atoms with Crippen molar-refractivity contribution in [3.8, 4) is 5.75 Å². The van der Waals surface area contributed by atoms with Gasteiger partial charge in [-0.15, -0.1) is 0 Å². The van der Waals surface area contributed by atoms with Crippen LogP contribution in [-0.4, -0.2) is 34.4 Å². The van der Waals surface area contributed by atoms with Crippen molar-refractivity contribution in [3.05, 3.63) is 34.3 Å². The smallest absolute Gasteiger partial charge is 0.295 e. The number of aromatic hydroxyl groups is 1. The normalized spacial score (nSPS) is 16.3. The average molecular weight is 354 g/mol. The first kappa shape index (κ1) is 14.0.